The number of amides is 2. The lowest BCUT2D eigenvalue weighted by atomic mass is 9.78. The van der Waals surface area contributed by atoms with Crippen molar-refractivity contribution in [2.24, 2.45) is 24.8 Å². The van der Waals surface area contributed by atoms with Gasteiger partial charge in [-0.1, -0.05) is 43.5 Å². The first kappa shape index (κ1) is 27.8. The average molecular weight is 564 g/mol. The van der Waals surface area contributed by atoms with Gasteiger partial charge in [-0.2, -0.15) is 0 Å². The second-order valence-electron chi connectivity index (χ2n) is 11.3. The van der Waals surface area contributed by atoms with Crippen molar-refractivity contribution in [2.45, 2.75) is 71.4 Å². The minimum atomic E-state index is -2.75. The second kappa shape index (κ2) is 11.4. The van der Waals surface area contributed by atoms with E-state index in [0.29, 0.717) is 49.2 Å². The molecule has 0 unspecified atom stereocenters. The Morgan fingerprint density at radius 2 is 2.00 bits per heavy atom. The Balaban J connectivity index is 1.51. The van der Waals surface area contributed by atoms with Gasteiger partial charge in [-0.05, 0) is 48.8 Å². The molecule has 0 radical (unpaired) electrons. The molecule has 2 fully saturated rings. The van der Waals surface area contributed by atoms with Crippen LogP contribution in [0.4, 0.5) is 8.78 Å². The summed E-state index contributed by atoms with van der Waals surface area (Å²) in [6, 6.07) is 3.01. The van der Waals surface area contributed by atoms with Crippen LogP contribution in [0.1, 0.15) is 80.9 Å². The van der Waals surface area contributed by atoms with Gasteiger partial charge in [-0.25, -0.2) is 13.5 Å². The second-order valence-corrected chi connectivity index (χ2v) is 11.8. The third kappa shape index (κ3) is 5.49. The zero-order valence-electron chi connectivity index (χ0n) is 22.7. The monoisotopic (exact) mass is 563 g/mol. The predicted molar refractivity (Wildman–Crippen MR) is 141 cm³/mol. The molecule has 0 spiro atoms. The number of hydrogen-bond donors (Lipinski definition) is 0. The largest absolute Gasteiger partial charge is 0.487 e. The topological polar surface area (TPSA) is 80.6 Å². The van der Waals surface area contributed by atoms with Crippen molar-refractivity contribution in [1.29, 1.82) is 0 Å². The summed E-state index contributed by atoms with van der Waals surface area (Å²) in [6.45, 7) is 5.45. The molecule has 11 heteroatoms. The van der Waals surface area contributed by atoms with Gasteiger partial charge < -0.3 is 14.5 Å². The van der Waals surface area contributed by atoms with Crippen molar-refractivity contribution in [3.05, 3.63) is 39.7 Å². The third-order valence-electron chi connectivity index (χ3n) is 8.60. The van der Waals surface area contributed by atoms with Crippen molar-refractivity contribution in [1.82, 2.24) is 24.8 Å². The summed E-state index contributed by atoms with van der Waals surface area (Å²) in [5.41, 5.74) is 1.37. The number of carbonyl (C=O) groups excluding carboxylic acids is 2. The molecule has 8 nitrogen and oxygen atoms in total. The number of ether oxygens (including phenoxy) is 1. The fourth-order valence-corrected chi connectivity index (χ4v) is 6.79. The summed E-state index contributed by atoms with van der Waals surface area (Å²) < 4.78 is 34.4. The highest BCUT2D eigenvalue weighted by atomic mass is 35.5. The van der Waals surface area contributed by atoms with Crippen LogP contribution in [-0.2, 0) is 29.7 Å². The van der Waals surface area contributed by atoms with E-state index in [9.17, 15) is 18.4 Å². The number of benzene rings is 1. The molecule has 1 aromatic heterocycles. The molecule has 4 atom stereocenters. The summed E-state index contributed by atoms with van der Waals surface area (Å²) in [5, 5.41) is 8.18. The predicted octanol–water partition coefficient (Wildman–Crippen LogP) is 5.11. The van der Waals surface area contributed by atoms with Gasteiger partial charge in [0.25, 0.3) is 6.43 Å². The van der Waals surface area contributed by atoms with Crippen molar-refractivity contribution in [3.8, 4) is 5.75 Å². The molecule has 1 saturated heterocycles. The number of alkyl halides is 2. The first-order valence-electron chi connectivity index (χ1n) is 13.8. The van der Waals surface area contributed by atoms with Crippen LogP contribution in [0.5, 0.6) is 5.75 Å². The average Bonchev–Trinajstić information content (AvgIpc) is 3.43. The maximum atomic E-state index is 14.0. The summed E-state index contributed by atoms with van der Waals surface area (Å²) in [6.07, 6.45) is 2.33. The lowest BCUT2D eigenvalue weighted by Crippen LogP contribution is -2.49. The van der Waals surface area contributed by atoms with Gasteiger partial charge in [0.15, 0.2) is 0 Å². The fourth-order valence-electron chi connectivity index (χ4n) is 6.53. The molecule has 5 rings (SSSR count). The Morgan fingerprint density at radius 3 is 2.69 bits per heavy atom. The molecule has 0 N–H and O–H groups in total. The standard InChI is InChI=1S/C28H36ClF2N5O3/c1-16-12-24(37)35(13-16)14-22-25-19(10-11-36(22)28(38)18-7-5-4-6-17(18)2)20(29)8-9-23(25)39-15-21-26(27(30)31)34(3)33-32-21/h8-9,16-18,22,27H,4-7,10-15H2,1-3H3/t16-,17+,18+,22-/m1/s1. The lowest BCUT2D eigenvalue weighted by molar-refractivity contribution is -0.143. The van der Waals surface area contributed by atoms with E-state index in [-0.39, 0.29) is 41.6 Å². The highest BCUT2D eigenvalue weighted by Crippen LogP contribution is 2.43. The molecule has 0 bridgehead atoms. The lowest BCUT2D eigenvalue weighted by Gasteiger charge is -2.43. The number of halogens is 3. The van der Waals surface area contributed by atoms with Gasteiger partial charge in [0.05, 0.1) is 6.04 Å². The van der Waals surface area contributed by atoms with Crippen LogP contribution < -0.4 is 4.74 Å². The van der Waals surface area contributed by atoms with Gasteiger partial charge in [0, 0.05) is 49.6 Å². The molecule has 1 aromatic carbocycles. The molecule has 39 heavy (non-hydrogen) atoms. The smallest absolute Gasteiger partial charge is 0.282 e. The molecule has 3 aliphatic rings. The van der Waals surface area contributed by atoms with Gasteiger partial charge in [0.1, 0.15) is 23.7 Å². The molecule has 2 amide bonds. The van der Waals surface area contributed by atoms with Crippen molar-refractivity contribution >= 4 is 23.4 Å². The molecular formula is C28H36ClF2N5O3. The van der Waals surface area contributed by atoms with Crippen molar-refractivity contribution in [2.75, 3.05) is 19.6 Å². The van der Waals surface area contributed by atoms with Crippen LogP contribution in [0, 0.1) is 17.8 Å². The molecule has 3 heterocycles. The first-order chi connectivity index (χ1) is 18.7. The van der Waals surface area contributed by atoms with Crippen molar-refractivity contribution < 1.29 is 23.1 Å². The van der Waals surface area contributed by atoms with E-state index in [2.05, 4.69) is 17.2 Å². The van der Waals surface area contributed by atoms with Crippen LogP contribution in [0.2, 0.25) is 5.02 Å². The molecule has 2 aliphatic heterocycles. The highest BCUT2D eigenvalue weighted by molar-refractivity contribution is 6.31. The molecule has 1 saturated carbocycles. The van der Waals surface area contributed by atoms with E-state index in [1.807, 2.05) is 16.7 Å². The van der Waals surface area contributed by atoms with Crippen LogP contribution in [0.3, 0.4) is 0 Å². The van der Waals surface area contributed by atoms with Crippen LogP contribution in [0.25, 0.3) is 0 Å². The quantitative estimate of drug-likeness (QED) is 0.468. The van der Waals surface area contributed by atoms with E-state index < -0.39 is 12.5 Å². The van der Waals surface area contributed by atoms with Gasteiger partial charge in [-0.15, -0.1) is 5.10 Å². The highest BCUT2D eigenvalue weighted by Gasteiger charge is 2.41. The van der Waals surface area contributed by atoms with Crippen LogP contribution in [-0.4, -0.2) is 56.2 Å². The first-order valence-corrected chi connectivity index (χ1v) is 14.2. The summed E-state index contributed by atoms with van der Waals surface area (Å²) in [7, 11) is 1.42. The van der Waals surface area contributed by atoms with E-state index in [4.69, 9.17) is 16.3 Å². The zero-order chi connectivity index (χ0) is 27.8. The number of rotatable bonds is 7. The summed E-state index contributed by atoms with van der Waals surface area (Å²) >= 11 is 6.67. The van der Waals surface area contributed by atoms with Gasteiger partial charge in [0.2, 0.25) is 11.8 Å². The normalized spacial score (nSPS) is 25.4. The van der Waals surface area contributed by atoms with Crippen LogP contribution >= 0.6 is 11.6 Å². The van der Waals surface area contributed by atoms with E-state index in [1.165, 1.54) is 7.05 Å². The number of nitrogens with zero attached hydrogens (tertiary/aromatic N) is 5. The van der Waals surface area contributed by atoms with Crippen LogP contribution in [0.15, 0.2) is 12.1 Å². The maximum Gasteiger partial charge on any atom is 0.282 e. The third-order valence-corrected chi connectivity index (χ3v) is 8.95. The van der Waals surface area contributed by atoms with Crippen molar-refractivity contribution in [3.63, 3.8) is 0 Å². The Hall–Kier alpha value is -2.75. The molecule has 1 aliphatic carbocycles. The summed E-state index contributed by atoms with van der Waals surface area (Å²) in [4.78, 5) is 30.6. The Bertz CT molecular complexity index is 1240. The van der Waals surface area contributed by atoms with Gasteiger partial charge in [-0.3, -0.25) is 9.59 Å². The Kier molecular flexibility index (Phi) is 8.12. The number of aryl methyl sites for hydroxylation is 1. The number of aromatic nitrogens is 3. The number of fused-ring (bicyclic) bond motifs is 1. The van der Waals surface area contributed by atoms with Gasteiger partial charge >= 0.3 is 0 Å². The van der Waals surface area contributed by atoms with E-state index >= 15 is 0 Å². The molecule has 2 aromatic rings. The van der Waals surface area contributed by atoms with E-state index in [1.54, 1.807) is 12.1 Å². The fraction of sp³-hybridized carbons (Fsp3) is 0.643. The maximum absolute atomic E-state index is 14.0. The molecular weight excluding hydrogens is 528 g/mol. The summed E-state index contributed by atoms with van der Waals surface area (Å²) in [5.74, 6) is 1.10. The Morgan fingerprint density at radius 1 is 1.23 bits per heavy atom. The number of likely N-dealkylation sites (tertiary alicyclic amines) is 1. The zero-order valence-corrected chi connectivity index (χ0v) is 23.5. The SMILES string of the molecule is C[C@@H]1CC(=O)N(C[C@@H]2c3c(OCc4nnn(C)c4C(F)F)ccc(Cl)c3CCN2C(=O)[C@H]2CCCC[C@@H]2C)C1. The molecule has 212 valence electrons. The Labute approximate surface area is 232 Å². The minimum absolute atomic E-state index is 0.0519. The minimum Gasteiger partial charge on any atom is -0.487 e. The number of hydrogen-bond acceptors (Lipinski definition) is 5. The number of carbonyl (C=O) groups is 2. The van der Waals surface area contributed by atoms with E-state index in [0.717, 1.165) is 41.5 Å².